The highest BCUT2D eigenvalue weighted by atomic mass is 19.4. The Balaban J connectivity index is 3.84. The van der Waals surface area contributed by atoms with E-state index in [1.54, 1.807) is 0 Å². The maximum atomic E-state index is 11.7. The van der Waals surface area contributed by atoms with Crippen molar-refractivity contribution >= 4 is 6.29 Å². The van der Waals surface area contributed by atoms with Gasteiger partial charge in [0.15, 0.2) is 12.1 Å². The lowest BCUT2D eigenvalue weighted by Crippen LogP contribution is -2.04. The maximum absolute atomic E-state index is 11.7. The van der Waals surface area contributed by atoms with Crippen LogP contribution in [0.15, 0.2) is 11.9 Å². The van der Waals surface area contributed by atoms with Crippen molar-refractivity contribution in [3.05, 3.63) is 11.9 Å². The molecule has 0 atom stereocenters. The molecule has 0 radical (unpaired) electrons. The molecule has 0 heterocycles. The minimum Gasteiger partial charge on any atom is -0.295 e. The van der Waals surface area contributed by atoms with Crippen molar-refractivity contribution in [2.45, 2.75) is 12.6 Å². The molecule has 0 amide bonds. The molecule has 0 aliphatic carbocycles. The smallest absolute Gasteiger partial charge is 0.295 e. The lowest BCUT2D eigenvalue weighted by Gasteiger charge is -1.99. The van der Waals surface area contributed by atoms with Gasteiger partial charge in [-0.3, -0.25) is 4.79 Å². The summed E-state index contributed by atoms with van der Waals surface area (Å²) in [6.45, 7) is 0. The molecular weight excluding hydrogens is 152 g/mol. The van der Waals surface area contributed by atoms with Gasteiger partial charge in [0.25, 0.3) is 0 Å². The highest BCUT2D eigenvalue weighted by Gasteiger charge is 2.25. The van der Waals surface area contributed by atoms with Crippen molar-refractivity contribution in [3.63, 3.8) is 0 Å². The first-order valence-electron chi connectivity index (χ1n) is 2.33. The molecule has 0 unspecified atom stereocenters. The molecule has 1 nitrogen and oxygen atoms in total. The number of rotatable bonds is 2. The van der Waals surface area contributed by atoms with Gasteiger partial charge in [0, 0.05) is 0 Å². The Kier molecular flexibility index (Phi) is 3.05. The van der Waals surface area contributed by atoms with Crippen LogP contribution >= 0.6 is 0 Å². The van der Waals surface area contributed by atoms with Crippen LogP contribution in [-0.2, 0) is 4.79 Å². The molecule has 0 aromatic carbocycles. The Labute approximate surface area is 54.3 Å². The zero-order valence-electron chi connectivity index (χ0n) is 4.78. The van der Waals surface area contributed by atoms with Gasteiger partial charge >= 0.3 is 6.18 Å². The summed E-state index contributed by atoms with van der Waals surface area (Å²) in [7, 11) is 0. The Bertz CT molecular complexity index is 146. The molecule has 0 fully saturated rings. The molecule has 0 rings (SSSR count). The van der Waals surface area contributed by atoms with Crippen molar-refractivity contribution in [1.29, 1.82) is 0 Å². The third-order valence-corrected chi connectivity index (χ3v) is 0.641. The van der Waals surface area contributed by atoms with Crippen molar-refractivity contribution in [2.24, 2.45) is 0 Å². The summed E-state index contributed by atoms with van der Waals surface area (Å²) in [4.78, 5) is 9.41. The van der Waals surface area contributed by atoms with Crippen molar-refractivity contribution in [1.82, 2.24) is 0 Å². The van der Waals surface area contributed by atoms with Crippen LogP contribution in [-0.4, -0.2) is 12.5 Å². The van der Waals surface area contributed by atoms with Gasteiger partial charge in [-0.2, -0.15) is 13.2 Å². The monoisotopic (exact) mass is 156 g/mol. The van der Waals surface area contributed by atoms with Gasteiger partial charge in [0.05, 0.1) is 6.42 Å². The van der Waals surface area contributed by atoms with Crippen LogP contribution in [0.25, 0.3) is 0 Å². The molecule has 10 heavy (non-hydrogen) atoms. The summed E-state index contributed by atoms with van der Waals surface area (Å²) >= 11 is 0. The topological polar surface area (TPSA) is 17.1 Å². The third kappa shape index (κ3) is 5.27. The first-order valence-corrected chi connectivity index (χ1v) is 2.33. The van der Waals surface area contributed by atoms with E-state index in [2.05, 4.69) is 0 Å². The molecular formula is C5H4F4O. The zero-order chi connectivity index (χ0) is 8.20. The first-order chi connectivity index (χ1) is 4.45. The standard InChI is InChI=1S/C5H4F4O/c6-4(3-10)1-2-5(7,8)9/h1,3H,2H2/b4-1-. The van der Waals surface area contributed by atoms with Gasteiger partial charge in [-0.1, -0.05) is 0 Å². The number of carbonyl (C=O) groups is 1. The van der Waals surface area contributed by atoms with Crippen molar-refractivity contribution < 1.29 is 22.4 Å². The lowest BCUT2D eigenvalue weighted by atomic mass is 10.4. The van der Waals surface area contributed by atoms with Crippen LogP contribution in [0.3, 0.4) is 0 Å². The quantitative estimate of drug-likeness (QED) is 0.339. The van der Waals surface area contributed by atoms with E-state index in [-0.39, 0.29) is 12.4 Å². The summed E-state index contributed by atoms with van der Waals surface area (Å²) in [5.41, 5.74) is 0. The van der Waals surface area contributed by atoms with E-state index < -0.39 is 18.4 Å². The van der Waals surface area contributed by atoms with Crippen molar-refractivity contribution in [3.8, 4) is 0 Å². The number of aldehydes is 1. The van der Waals surface area contributed by atoms with Crippen LogP contribution in [0.2, 0.25) is 0 Å². The molecule has 0 bridgehead atoms. The van der Waals surface area contributed by atoms with E-state index in [0.29, 0.717) is 0 Å². The molecule has 58 valence electrons. The second-order valence-corrected chi connectivity index (χ2v) is 1.53. The Morgan fingerprint density at radius 1 is 1.40 bits per heavy atom. The molecule has 0 aliphatic rings. The van der Waals surface area contributed by atoms with E-state index in [1.165, 1.54) is 0 Å². The molecule has 0 aliphatic heterocycles. The molecule has 0 saturated carbocycles. The molecule has 0 N–H and O–H groups in total. The fourth-order valence-corrected chi connectivity index (χ4v) is 0.261. The van der Waals surface area contributed by atoms with Crippen LogP contribution in [0.5, 0.6) is 0 Å². The largest absolute Gasteiger partial charge is 0.392 e. The fraction of sp³-hybridized carbons (Fsp3) is 0.400. The van der Waals surface area contributed by atoms with Gasteiger partial charge in [0.1, 0.15) is 0 Å². The van der Waals surface area contributed by atoms with Gasteiger partial charge in [-0.15, -0.1) is 0 Å². The Hall–Kier alpha value is -0.870. The number of hydrogen-bond acceptors (Lipinski definition) is 1. The van der Waals surface area contributed by atoms with Gasteiger partial charge in [0.2, 0.25) is 0 Å². The van der Waals surface area contributed by atoms with E-state index in [0.717, 1.165) is 0 Å². The van der Waals surface area contributed by atoms with E-state index in [4.69, 9.17) is 0 Å². The van der Waals surface area contributed by atoms with E-state index >= 15 is 0 Å². The second kappa shape index (κ2) is 3.34. The summed E-state index contributed by atoms with van der Waals surface area (Å²) in [5.74, 6) is -1.39. The molecule has 0 saturated heterocycles. The number of allylic oxidation sites excluding steroid dienone is 2. The van der Waals surface area contributed by atoms with Crippen LogP contribution in [0, 0.1) is 0 Å². The predicted octanol–water partition coefficient (Wildman–Crippen LogP) is 1.99. The Morgan fingerprint density at radius 3 is 2.20 bits per heavy atom. The maximum Gasteiger partial charge on any atom is 0.392 e. The number of alkyl halides is 3. The van der Waals surface area contributed by atoms with Crippen LogP contribution in [0.1, 0.15) is 6.42 Å². The molecule has 0 spiro atoms. The minimum atomic E-state index is -4.44. The van der Waals surface area contributed by atoms with Gasteiger partial charge in [-0.25, -0.2) is 4.39 Å². The van der Waals surface area contributed by atoms with Gasteiger partial charge < -0.3 is 0 Å². The first kappa shape index (κ1) is 9.13. The molecule has 0 aromatic rings. The Morgan fingerprint density at radius 2 is 1.90 bits per heavy atom. The van der Waals surface area contributed by atoms with Crippen molar-refractivity contribution in [2.75, 3.05) is 0 Å². The average Bonchev–Trinajstić information content (AvgIpc) is 1.81. The molecule has 0 aromatic heterocycles. The fourth-order valence-electron chi connectivity index (χ4n) is 0.261. The average molecular weight is 156 g/mol. The summed E-state index contributed by atoms with van der Waals surface area (Å²) in [6, 6.07) is 0. The van der Waals surface area contributed by atoms with E-state index in [1.807, 2.05) is 0 Å². The number of hydrogen-bond donors (Lipinski definition) is 0. The minimum absolute atomic E-state index is 0.188. The SMILES string of the molecule is O=C/C(F)=C/CC(F)(F)F. The second-order valence-electron chi connectivity index (χ2n) is 1.53. The van der Waals surface area contributed by atoms with Crippen LogP contribution < -0.4 is 0 Å². The summed E-state index contributed by atoms with van der Waals surface area (Å²) < 4.78 is 45.3. The van der Waals surface area contributed by atoms with Gasteiger partial charge in [-0.05, 0) is 6.08 Å². The number of carbonyl (C=O) groups excluding carboxylic acids is 1. The third-order valence-electron chi connectivity index (χ3n) is 0.641. The summed E-state index contributed by atoms with van der Waals surface area (Å²) in [5, 5.41) is 0. The normalized spacial score (nSPS) is 13.4. The predicted molar refractivity (Wildman–Crippen MR) is 25.9 cm³/mol. The highest BCUT2D eigenvalue weighted by Crippen LogP contribution is 2.20. The highest BCUT2D eigenvalue weighted by molar-refractivity contribution is 5.69. The number of halogens is 4. The molecule has 5 heteroatoms. The lowest BCUT2D eigenvalue weighted by molar-refractivity contribution is -0.125. The zero-order valence-corrected chi connectivity index (χ0v) is 4.78. The van der Waals surface area contributed by atoms with Crippen LogP contribution in [0.4, 0.5) is 17.6 Å². The van der Waals surface area contributed by atoms with E-state index in [9.17, 15) is 22.4 Å². The summed E-state index contributed by atoms with van der Waals surface area (Å²) in [6.07, 6.45) is -5.93.